The molecule has 0 aliphatic heterocycles. The number of benzene rings is 1. The van der Waals surface area contributed by atoms with Gasteiger partial charge in [-0.3, -0.25) is 0 Å². The van der Waals surface area contributed by atoms with Crippen LogP contribution in [-0.2, 0) is 6.42 Å². The van der Waals surface area contributed by atoms with Gasteiger partial charge in [-0.05, 0) is 63.6 Å². The molecule has 0 aliphatic rings. The molecule has 2 N–H and O–H groups in total. The molecule has 1 aromatic carbocycles. The third-order valence-corrected chi connectivity index (χ3v) is 4.73. The molecule has 1 aromatic rings. The van der Waals surface area contributed by atoms with Crippen molar-refractivity contribution in [2.24, 2.45) is 5.73 Å². The topological polar surface area (TPSA) is 32.5 Å². The van der Waals surface area contributed by atoms with Gasteiger partial charge in [0.05, 0.1) is 0 Å². The van der Waals surface area contributed by atoms with E-state index >= 15 is 0 Å². The van der Waals surface area contributed by atoms with E-state index in [0.717, 1.165) is 32.6 Å². The molecule has 0 atom stereocenters. The van der Waals surface area contributed by atoms with Gasteiger partial charge in [-0.2, -0.15) is 0 Å². The summed E-state index contributed by atoms with van der Waals surface area (Å²) < 4.78 is 1.17. The van der Waals surface area contributed by atoms with Crippen molar-refractivity contribution in [2.75, 3.05) is 44.2 Å². The van der Waals surface area contributed by atoms with Gasteiger partial charge in [-0.15, -0.1) is 0 Å². The van der Waals surface area contributed by atoms with Crippen molar-refractivity contribution in [2.45, 2.75) is 33.6 Å². The highest BCUT2D eigenvalue weighted by Gasteiger charge is 2.08. The fourth-order valence-electron chi connectivity index (χ4n) is 2.59. The summed E-state index contributed by atoms with van der Waals surface area (Å²) in [5.74, 6) is 0. The summed E-state index contributed by atoms with van der Waals surface area (Å²) in [4.78, 5) is 4.93. The molecule has 1 rings (SSSR count). The van der Waals surface area contributed by atoms with Crippen molar-refractivity contribution in [3.63, 3.8) is 0 Å². The zero-order valence-corrected chi connectivity index (χ0v) is 15.3. The predicted molar refractivity (Wildman–Crippen MR) is 97.2 cm³/mol. The van der Waals surface area contributed by atoms with E-state index in [0.29, 0.717) is 6.54 Å². The maximum absolute atomic E-state index is 5.64. The summed E-state index contributed by atoms with van der Waals surface area (Å²) >= 11 is 3.67. The average molecular weight is 356 g/mol. The highest BCUT2D eigenvalue weighted by Crippen LogP contribution is 2.24. The van der Waals surface area contributed by atoms with Gasteiger partial charge >= 0.3 is 0 Å². The molecule has 0 aromatic heterocycles. The van der Waals surface area contributed by atoms with Crippen molar-refractivity contribution in [1.29, 1.82) is 0 Å². The van der Waals surface area contributed by atoms with Gasteiger partial charge in [0.15, 0.2) is 0 Å². The van der Waals surface area contributed by atoms with Crippen molar-refractivity contribution >= 4 is 21.6 Å². The second-order valence-electron chi connectivity index (χ2n) is 5.27. The van der Waals surface area contributed by atoms with E-state index in [2.05, 4.69) is 64.7 Å². The normalized spacial score (nSPS) is 11.1. The Morgan fingerprint density at radius 3 is 2.29 bits per heavy atom. The molecule has 0 bridgehead atoms. The molecule has 0 heterocycles. The third-order valence-electron chi connectivity index (χ3n) is 3.99. The molecular formula is C17H30BrN3. The lowest BCUT2D eigenvalue weighted by Crippen LogP contribution is -2.30. The Balaban J connectivity index is 2.61. The molecule has 0 spiro atoms. The lowest BCUT2D eigenvalue weighted by atomic mass is 10.1. The molecule has 0 fully saturated rings. The van der Waals surface area contributed by atoms with Gasteiger partial charge in [-0.25, -0.2) is 0 Å². The highest BCUT2D eigenvalue weighted by atomic mass is 79.9. The summed E-state index contributed by atoms with van der Waals surface area (Å²) in [5, 5.41) is 0. The second-order valence-corrected chi connectivity index (χ2v) is 6.13. The minimum absolute atomic E-state index is 0.694. The van der Waals surface area contributed by atoms with Crippen LogP contribution >= 0.6 is 15.9 Å². The van der Waals surface area contributed by atoms with E-state index in [9.17, 15) is 0 Å². The Morgan fingerprint density at radius 2 is 1.76 bits per heavy atom. The smallest absolute Gasteiger partial charge is 0.0377 e. The van der Waals surface area contributed by atoms with Gasteiger partial charge in [-0.1, -0.05) is 35.8 Å². The standard InChI is InChI=1S/C17H30BrN3/c1-4-20(5-2)12-7-13-21(6-3)16-9-8-15(10-11-19)17(18)14-16/h8-9,14H,4-7,10-13,19H2,1-3H3. The van der Waals surface area contributed by atoms with Crippen LogP contribution in [0, 0.1) is 0 Å². The SMILES string of the molecule is CCN(CC)CCCN(CC)c1ccc(CCN)c(Br)c1. The summed E-state index contributed by atoms with van der Waals surface area (Å²) in [5.41, 5.74) is 8.23. The van der Waals surface area contributed by atoms with E-state index in [4.69, 9.17) is 5.73 Å². The third kappa shape index (κ3) is 5.97. The van der Waals surface area contributed by atoms with Crippen LogP contribution in [0.15, 0.2) is 22.7 Å². The molecule has 0 aliphatic carbocycles. The molecule has 0 saturated heterocycles. The van der Waals surface area contributed by atoms with Crippen LogP contribution in [0.5, 0.6) is 0 Å². The van der Waals surface area contributed by atoms with Crippen LogP contribution in [0.1, 0.15) is 32.8 Å². The summed E-state index contributed by atoms with van der Waals surface area (Å²) in [6.07, 6.45) is 2.13. The van der Waals surface area contributed by atoms with E-state index in [1.807, 2.05) is 0 Å². The first-order valence-electron chi connectivity index (χ1n) is 8.11. The zero-order chi connectivity index (χ0) is 15.7. The average Bonchev–Trinajstić information content (AvgIpc) is 2.50. The van der Waals surface area contributed by atoms with E-state index in [1.165, 1.54) is 28.7 Å². The van der Waals surface area contributed by atoms with Crippen LogP contribution in [0.4, 0.5) is 5.69 Å². The summed E-state index contributed by atoms with van der Waals surface area (Å²) in [7, 11) is 0. The number of hydrogen-bond acceptors (Lipinski definition) is 3. The van der Waals surface area contributed by atoms with Crippen LogP contribution in [0.25, 0.3) is 0 Å². The van der Waals surface area contributed by atoms with Crippen molar-refractivity contribution < 1.29 is 0 Å². The first kappa shape index (κ1) is 18.5. The lowest BCUT2D eigenvalue weighted by molar-refractivity contribution is 0.301. The highest BCUT2D eigenvalue weighted by molar-refractivity contribution is 9.10. The minimum atomic E-state index is 0.694. The second kappa shape index (κ2) is 10.2. The van der Waals surface area contributed by atoms with Gasteiger partial charge in [0, 0.05) is 23.2 Å². The molecule has 0 unspecified atom stereocenters. The van der Waals surface area contributed by atoms with Crippen molar-refractivity contribution in [3.05, 3.63) is 28.2 Å². The summed E-state index contributed by atoms with van der Waals surface area (Å²) in [6.45, 7) is 13.0. The number of hydrogen-bond donors (Lipinski definition) is 1. The Bertz CT molecular complexity index is 405. The molecule has 120 valence electrons. The number of halogens is 1. The number of anilines is 1. The molecule has 0 radical (unpaired) electrons. The minimum Gasteiger partial charge on any atom is -0.372 e. The van der Waals surface area contributed by atoms with Crippen molar-refractivity contribution in [3.8, 4) is 0 Å². The molecular weight excluding hydrogens is 326 g/mol. The summed E-state index contributed by atoms with van der Waals surface area (Å²) in [6, 6.07) is 6.64. The number of nitrogens with two attached hydrogens (primary N) is 1. The molecule has 21 heavy (non-hydrogen) atoms. The van der Waals surface area contributed by atoms with Crippen LogP contribution in [0.2, 0.25) is 0 Å². The first-order chi connectivity index (χ1) is 10.2. The van der Waals surface area contributed by atoms with E-state index < -0.39 is 0 Å². The van der Waals surface area contributed by atoms with Gasteiger partial charge in [0.1, 0.15) is 0 Å². The van der Waals surface area contributed by atoms with Crippen LogP contribution in [0.3, 0.4) is 0 Å². The molecule has 4 heteroatoms. The van der Waals surface area contributed by atoms with E-state index in [1.54, 1.807) is 0 Å². The fraction of sp³-hybridized carbons (Fsp3) is 0.647. The maximum Gasteiger partial charge on any atom is 0.0377 e. The Kier molecular flexibility index (Phi) is 8.97. The molecule has 0 saturated carbocycles. The van der Waals surface area contributed by atoms with Crippen LogP contribution < -0.4 is 10.6 Å². The monoisotopic (exact) mass is 355 g/mol. The lowest BCUT2D eigenvalue weighted by Gasteiger charge is -2.26. The quantitative estimate of drug-likeness (QED) is 0.696. The van der Waals surface area contributed by atoms with Gasteiger partial charge < -0.3 is 15.5 Å². The molecule has 0 amide bonds. The van der Waals surface area contributed by atoms with Crippen molar-refractivity contribution in [1.82, 2.24) is 4.90 Å². The zero-order valence-electron chi connectivity index (χ0n) is 13.7. The first-order valence-corrected chi connectivity index (χ1v) is 8.91. The Morgan fingerprint density at radius 1 is 1.05 bits per heavy atom. The number of nitrogens with zero attached hydrogens (tertiary/aromatic N) is 2. The number of rotatable bonds is 10. The van der Waals surface area contributed by atoms with E-state index in [-0.39, 0.29) is 0 Å². The largest absolute Gasteiger partial charge is 0.372 e. The molecule has 3 nitrogen and oxygen atoms in total. The Hall–Kier alpha value is -0.580. The Labute approximate surface area is 138 Å². The van der Waals surface area contributed by atoms with Crippen LogP contribution in [-0.4, -0.2) is 44.2 Å². The maximum atomic E-state index is 5.64. The fourth-order valence-corrected chi connectivity index (χ4v) is 3.15. The predicted octanol–water partition coefficient (Wildman–Crippen LogP) is 3.51. The van der Waals surface area contributed by atoms with Gasteiger partial charge in [0.2, 0.25) is 0 Å². The van der Waals surface area contributed by atoms with Gasteiger partial charge in [0.25, 0.3) is 0 Å².